The van der Waals surface area contributed by atoms with Crippen LogP contribution in [0.3, 0.4) is 0 Å². The first-order valence-corrected chi connectivity index (χ1v) is 3.61. The molecule has 2 aliphatic heterocycles. The molecule has 0 aromatic heterocycles. The van der Waals surface area contributed by atoms with Crippen molar-refractivity contribution in [2.24, 2.45) is 5.92 Å². The number of hydrogen-bond acceptors (Lipinski definition) is 2. The molecule has 0 aromatic rings. The molecule has 2 heteroatoms. The van der Waals surface area contributed by atoms with E-state index in [4.69, 9.17) is 9.47 Å². The van der Waals surface area contributed by atoms with E-state index in [-0.39, 0.29) is 0 Å². The zero-order valence-electron chi connectivity index (χ0n) is 5.67. The van der Waals surface area contributed by atoms with Crippen LogP contribution >= 0.6 is 0 Å². The molecule has 9 heavy (non-hydrogen) atoms. The zero-order valence-corrected chi connectivity index (χ0v) is 5.67. The highest BCUT2D eigenvalue weighted by Gasteiger charge is 2.38. The van der Waals surface area contributed by atoms with Crippen molar-refractivity contribution in [1.82, 2.24) is 0 Å². The van der Waals surface area contributed by atoms with Crippen LogP contribution in [0.5, 0.6) is 0 Å². The third-order valence-corrected chi connectivity index (χ3v) is 2.21. The van der Waals surface area contributed by atoms with Crippen LogP contribution in [0, 0.1) is 5.92 Å². The molecule has 0 aliphatic carbocycles. The number of fused-ring (bicyclic) bond motifs is 1. The molecule has 0 aromatic carbocycles. The Hall–Kier alpha value is -0.0800. The lowest BCUT2D eigenvalue weighted by Gasteiger charge is -2.08. The van der Waals surface area contributed by atoms with Crippen molar-refractivity contribution in [2.75, 3.05) is 13.2 Å². The maximum Gasteiger partial charge on any atom is 0.0884 e. The number of rotatable bonds is 0. The summed E-state index contributed by atoms with van der Waals surface area (Å²) >= 11 is 0. The molecule has 52 valence electrons. The average Bonchev–Trinajstić information content (AvgIpc) is 2.35. The summed E-state index contributed by atoms with van der Waals surface area (Å²) < 4.78 is 10.9. The highest BCUT2D eigenvalue weighted by Crippen LogP contribution is 2.29. The van der Waals surface area contributed by atoms with Gasteiger partial charge in [0.2, 0.25) is 0 Å². The molecular formula is C7H12O2. The van der Waals surface area contributed by atoms with Gasteiger partial charge in [-0.25, -0.2) is 0 Å². The van der Waals surface area contributed by atoms with Gasteiger partial charge in [-0.3, -0.25) is 0 Å². The van der Waals surface area contributed by atoms with Gasteiger partial charge in [0.1, 0.15) is 0 Å². The summed E-state index contributed by atoms with van der Waals surface area (Å²) in [5.74, 6) is 0.623. The quantitative estimate of drug-likeness (QED) is 0.480. The summed E-state index contributed by atoms with van der Waals surface area (Å²) in [4.78, 5) is 0. The molecule has 0 unspecified atom stereocenters. The van der Waals surface area contributed by atoms with E-state index in [0.717, 1.165) is 19.6 Å². The molecule has 2 aliphatic rings. The van der Waals surface area contributed by atoms with Gasteiger partial charge < -0.3 is 9.47 Å². The molecular weight excluding hydrogens is 116 g/mol. The second-order valence-corrected chi connectivity index (χ2v) is 2.97. The summed E-state index contributed by atoms with van der Waals surface area (Å²) in [6, 6.07) is 0. The van der Waals surface area contributed by atoms with E-state index in [0.29, 0.717) is 18.1 Å². The first-order valence-electron chi connectivity index (χ1n) is 3.61. The molecule has 3 atom stereocenters. The second kappa shape index (κ2) is 1.96. The van der Waals surface area contributed by atoms with Gasteiger partial charge in [-0.1, -0.05) is 6.92 Å². The van der Waals surface area contributed by atoms with Gasteiger partial charge in [0.05, 0.1) is 18.8 Å². The second-order valence-electron chi connectivity index (χ2n) is 2.97. The van der Waals surface area contributed by atoms with Crippen LogP contribution in [0.4, 0.5) is 0 Å². The highest BCUT2D eigenvalue weighted by atomic mass is 16.6. The fourth-order valence-corrected chi connectivity index (χ4v) is 1.67. The predicted molar refractivity (Wildman–Crippen MR) is 33.3 cm³/mol. The topological polar surface area (TPSA) is 18.5 Å². The molecule has 0 N–H and O–H groups in total. The number of hydrogen-bond donors (Lipinski definition) is 0. The van der Waals surface area contributed by atoms with E-state index in [1.807, 2.05) is 0 Å². The van der Waals surface area contributed by atoms with Crippen molar-refractivity contribution in [2.45, 2.75) is 25.6 Å². The van der Waals surface area contributed by atoms with Crippen LogP contribution in [-0.2, 0) is 9.47 Å². The minimum Gasteiger partial charge on any atom is -0.375 e. The maximum atomic E-state index is 5.46. The van der Waals surface area contributed by atoms with Crippen molar-refractivity contribution >= 4 is 0 Å². The fourth-order valence-electron chi connectivity index (χ4n) is 1.67. The first-order chi connectivity index (χ1) is 4.38. The van der Waals surface area contributed by atoms with Gasteiger partial charge in [-0.15, -0.1) is 0 Å². The summed E-state index contributed by atoms with van der Waals surface area (Å²) in [6.07, 6.45) is 1.96. The Morgan fingerprint density at radius 2 is 2.22 bits per heavy atom. The normalized spacial score (nSPS) is 49.7. The molecule has 2 saturated heterocycles. The van der Waals surface area contributed by atoms with Gasteiger partial charge in [0.15, 0.2) is 0 Å². The van der Waals surface area contributed by atoms with Crippen LogP contribution in [0.2, 0.25) is 0 Å². The molecule has 2 rings (SSSR count). The maximum absolute atomic E-state index is 5.46. The van der Waals surface area contributed by atoms with Crippen LogP contribution in [0.1, 0.15) is 13.3 Å². The smallest absolute Gasteiger partial charge is 0.0884 e. The van der Waals surface area contributed by atoms with E-state index in [1.54, 1.807) is 0 Å². The minimum absolute atomic E-state index is 0.421. The summed E-state index contributed by atoms with van der Waals surface area (Å²) in [6.45, 7) is 3.99. The zero-order chi connectivity index (χ0) is 6.27. The Morgan fingerprint density at radius 1 is 1.33 bits per heavy atom. The van der Waals surface area contributed by atoms with Crippen LogP contribution in [-0.4, -0.2) is 25.4 Å². The van der Waals surface area contributed by atoms with Crippen LogP contribution < -0.4 is 0 Å². The van der Waals surface area contributed by atoms with Gasteiger partial charge in [-0.2, -0.15) is 0 Å². The van der Waals surface area contributed by atoms with Gasteiger partial charge in [0.25, 0.3) is 0 Å². The monoisotopic (exact) mass is 128 g/mol. The Morgan fingerprint density at radius 3 is 3.00 bits per heavy atom. The molecule has 0 saturated carbocycles. The van der Waals surface area contributed by atoms with Gasteiger partial charge >= 0.3 is 0 Å². The fraction of sp³-hybridized carbons (Fsp3) is 1.00. The van der Waals surface area contributed by atoms with Crippen molar-refractivity contribution in [3.8, 4) is 0 Å². The summed E-state index contributed by atoms with van der Waals surface area (Å²) in [7, 11) is 0. The van der Waals surface area contributed by atoms with E-state index in [1.165, 1.54) is 0 Å². The molecule has 0 bridgehead atoms. The highest BCUT2D eigenvalue weighted by molar-refractivity contribution is 4.86. The molecule has 2 nitrogen and oxygen atoms in total. The van der Waals surface area contributed by atoms with E-state index in [9.17, 15) is 0 Å². The predicted octanol–water partition coefficient (Wildman–Crippen LogP) is 0.810. The molecule has 2 fully saturated rings. The first kappa shape index (κ1) is 5.69. The lowest BCUT2D eigenvalue weighted by Crippen LogP contribution is -2.19. The standard InChI is InChI=1S/C7H12O2/c1-5-4-9-6-2-3-8-7(5)6/h5-7H,2-4H2,1H3/t5-,6-,7-/m0/s1. The van der Waals surface area contributed by atoms with Crippen molar-refractivity contribution in [1.29, 1.82) is 0 Å². The van der Waals surface area contributed by atoms with Gasteiger partial charge in [-0.05, 0) is 6.42 Å². The Kier molecular flexibility index (Phi) is 1.24. The van der Waals surface area contributed by atoms with E-state index >= 15 is 0 Å². The SMILES string of the molecule is C[C@H]1CO[C@H]2CCO[C@H]21. The summed E-state index contributed by atoms with van der Waals surface area (Å²) in [5, 5.41) is 0. The summed E-state index contributed by atoms with van der Waals surface area (Å²) in [5.41, 5.74) is 0. The van der Waals surface area contributed by atoms with E-state index < -0.39 is 0 Å². The molecule has 2 heterocycles. The average molecular weight is 128 g/mol. The van der Waals surface area contributed by atoms with Crippen LogP contribution in [0.15, 0.2) is 0 Å². The minimum atomic E-state index is 0.421. The Balaban J connectivity index is 2.07. The largest absolute Gasteiger partial charge is 0.375 e. The lowest BCUT2D eigenvalue weighted by molar-refractivity contribution is 0.0658. The van der Waals surface area contributed by atoms with Crippen LogP contribution in [0.25, 0.3) is 0 Å². The van der Waals surface area contributed by atoms with E-state index in [2.05, 4.69) is 6.92 Å². The van der Waals surface area contributed by atoms with Crippen molar-refractivity contribution in [3.63, 3.8) is 0 Å². The number of ether oxygens (including phenoxy) is 2. The Labute approximate surface area is 55.1 Å². The Bertz CT molecular complexity index is 113. The van der Waals surface area contributed by atoms with Crippen molar-refractivity contribution in [3.05, 3.63) is 0 Å². The third-order valence-electron chi connectivity index (χ3n) is 2.21. The third kappa shape index (κ3) is 0.775. The molecule has 0 amide bonds. The molecule has 0 spiro atoms. The lowest BCUT2D eigenvalue weighted by atomic mass is 10.1. The van der Waals surface area contributed by atoms with Crippen molar-refractivity contribution < 1.29 is 9.47 Å². The van der Waals surface area contributed by atoms with Gasteiger partial charge in [0, 0.05) is 12.5 Å². The molecule has 0 radical (unpaired) electrons.